The second-order valence-electron chi connectivity index (χ2n) is 13.3. The topological polar surface area (TPSA) is 0 Å². The van der Waals surface area contributed by atoms with E-state index in [2.05, 4.69) is 243 Å². The molecule has 0 N–H and O–H groups in total. The Labute approximate surface area is 356 Å². The van der Waals surface area contributed by atoms with E-state index in [1.807, 2.05) is 0 Å². The Kier molecular flexibility index (Phi) is 17.5. The van der Waals surface area contributed by atoms with Gasteiger partial charge in [0.05, 0.1) is 0 Å². The third-order valence-corrected chi connectivity index (χ3v) is 20.4. The van der Waals surface area contributed by atoms with E-state index in [9.17, 15) is 0 Å². The van der Waals surface area contributed by atoms with Crippen molar-refractivity contribution in [3.63, 3.8) is 0 Å². The minimum atomic E-state index is -0.348. The molecule has 0 aliphatic heterocycles. The van der Waals surface area contributed by atoms with Gasteiger partial charge in [0.25, 0.3) is 0 Å². The molecule has 0 aliphatic rings. The van der Waals surface area contributed by atoms with Gasteiger partial charge in [0.15, 0.2) is 0 Å². The Balaban J connectivity index is 0.000000189. The van der Waals surface area contributed by atoms with Crippen LogP contribution in [0.1, 0.15) is 0 Å². The van der Waals surface area contributed by atoms with Crippen LogP contribution < -0.4 is 42.4 Å². The van der Waals surface area contributed by atoms with Crippen molar-refractivity contribution in [1.29, 1.82) is 0 Å². The number of benzene rings is 8. The predicted octanol–water partition coefficient (Wildman–Crippen LogP) is 10.5. The summed E-state index contributed by atoms with van der Waals surface area (Å²) in [4.78, 5) is 0. The first-order chi connectivity index (χ1) is 27.8. The minimum Gasteiger partial charge on any atom is -0.0622 e. The second kappa shape index (κ2) is 23.4. The fourth-order valence-corrected chi connectivity index (χ4v) is 17.6. The van der Waals surface area contributed by atoms with Gasteiger partial charge in [0.1, 0.15) is 0 Å². The molecule has 0 spiro atoms. The van der Waals surface area contributed by atoms with E-state index in [1.54, 1.807) is 0 Å². The normalized spacial score (nSPS) is 10.9. The van der Waals surface area contributed by atoms with Crippen LogP contribution in [0.5, 0.6) is 0 Å². The molecule has 0 atom stereocenters. The maximum Gasteiger partial charge on any atom is 0 e. The van der Waals surface area contributed by atoms with Crippen molar-refractivity contribution in [1.82, 2.24) is 0 Å². The molecule has 0 heterocycles. The smallest absolute Gasteiger partial charge is 0 e. The molecule has 1 radical (unpaired) electrons. The fourth-order valence-electron chi connectivity index (χ4n) is 6.89. The van der Waals surface area contributed by atoms with Crippen LogP contribution in [-0.2, 0) is 16.8 Å². The second-order valence-corrected chi connectivity index (χ2v) is 22.6. The van der Waals surface area contributed by atoms with Crippen molar-refractivity contribution >= 4 is 74.1 Å². The van der Waals surface area contributed by atoms with Gasteiger partial charge in [-0.2, -0.15) is 0 Å². The molecule has 0 unspecified atom stereocenters. The maximum atomic E-state index is 2.30. The van der Waals surface area contributed by atoms with Crippen LogP contribution in [0.25, 0.3) is 0 Å². The number of hydrogen-bond acceptors (Lipinski definition) is 0. The number of rotatable bonds is 14. The maximum absolute atomic E-state index is 2.30. The van der Waals surface area contributed by atoms with Crippen LogP contribution >= 0.6 is 31.7 Å². The van der Waals surface area contributed by atoms with Gasteiger partial charge >= 0.3 is 0 Å². The Morgan fingerprint density at radius 3 is 0.386 bits per heavy atom. The molecule has 0 aliphatic carbocycles. The third-order valence-electron chi connectivity index (χ3n) is 9.64. The third kappa shape index (κ3) is 12.5. The molecule has 0 nitrogen and oxygen atoms in total. The van der Waals surface area contributed by atoms with Crippen molar-refractivity contribution in [2.24, 2.45) is 0 Å². The molecule has 285 valence electrons. The number of hydrogen-bond donors (Lipinski definition) is 0. The quantitative estimate of drug-likeness (QED) is 0.0956. The summed E-state index contributed by atoms with van der Waals surface area (Å²) in [6, 6.07) is 88.4. The van der Waals surface area contributed by atoms with E-state index in [0.29, 0.717) is 0 Å². The van der Waals surface area contributed by atoms with Gasteiger partial charge in [0.2, 0.25) is 0 Å². The van der Waals surface area contributed by atoms with Crippen LogP contribution in [0.2, 0.25) is 0 Å². The first-order valence-electron chi connectivity index (χ1n) is 19.3. The van der Waals surface area contributed by atoms with E-state index >= 15 is 0 Å². The SMILES string of the molecule is [Co].c1ccc(P(CCP(c2ccccc2)c2ccccc2)c2ccccc2)cc1.c1ccc(P(CCP(c2ccccc2)c2ccccc2)c2ccccc2)cc1. The summed E-state index contributed by atoms with van der Waals surface area (Å²) >= 11 is 0. The van der Waals surface area contributed by atoms with Gasteiger partial charge in [-0.15, -0.1) is 0 Å². The fraction of sp³-hybridized carbons (Fsp3) is 0.0769. The van der Waals surface area contributed by atoms with Crippen molar-refractivity contribution in [2.75, 3.05) is 24.6 Å². The van der Waals surface area contributed by atoms with Crippen LogP contribution in [0.15, 0.2) is 243 Å². The minimum absolute atomic E-state index is 0. The van der Waals surface area contributed by atoms with Crippen LogP contribution in [0.4, 0.5) is 0 Å². The summed E-state index contributed by atoms with van der Waals surface area (Å²) in [5.74, 6) is 0. The van der Waals surface area contributed by atoms with Crippen LogP contribution in [0.3, 0.4) is 0 Å². The van der Waals surface area contributed by atoms with Gasteiger partial charge in [-0.3, -0.25) is 0 Å². The molecule has 0 saturated carbocycles. The summed E-state index contributed by atoms with van der Waals surface area (Å²) in [5, 5.41) is 11.8. The molecule has 0 amide bonds. The van der Waals surface area contributed by atoms with Gasteiger partial charge in [-0.1, -0.05) is 243 Å². The Hall–Kier alpha value is -4.01. The van der Waals surface area contributed by atoms with E-state index in [-0.39, 0.29) is 48.5 Å². The van der Waals surface area contributed by atoms with E-state index in [0.717, 1.165) is 0 Å². The molecule has 0 aromatic heterocycles. The summed E-state index contributed by atoms with van der Waals surface area (Å²) in [6.07, 6.45) is 4.83. The molecule has 8 aromatic rings. The zero-order valence-electron chi connectivity index (χ0n) is 32.0. The van der Waals surface area contributed by atoms with E-state index in [4.69, 9.17) is 0 Å². The summed E-state index contributed by atoms with van der Waals surface area (Å²) in [7, 11) is -1.39. The zero-order valence-corrected chi connectivity index (χ0v) is 36.7. The molecule has 8 aromatic carbocycles. The molecule has 0 fully saturated rings. The van der Waals surface area contributed by atoms with Crippen LogP contribution in [0, 0.1) is 0 Å². The average Bonchev–Trinajstić information content (AvgIpc) is 3.29. The van der Waals surface area contributed by atoms with Gasteiger partial charge in [0, 0.05) is 16.8 Å². The first kappa shape index (κ1) is 42.6. The Morgan fingerprint density at radius 1 is 0.175 bits per heavy atom. The van der Waals surface area contributed by atoms with Crippen molar-refractivity contribution < 1.29 is 16.8 Å². The molecular weight excluding hydrogens is 807 g/mol. The molecule has 57 heavy (non-hydrogen) atoms. The molecular formula is C52H48CoP4. The van der Waals surface area contributed by atoms with Gasteiger partial charge in [-0.05, 0) is 98.8 Å². The van der Waals surface area contributed by atoms with Crippen molar-refractivity contribution in [3.8, 4) is 0 Å². The largest absolute Gasteiger partial charge is 0.0622 e. The average molecular weight is 856 g/mol. The standard InChI is InChI=1S/2C26H24P2.Co/c2*1-5-13-23(14-6-1)27(24-15-7-2-8-16-24)21-22-28(25-17-9-3-10-18-25)26-19-11-4-12-20-26;/h2*1-20H,21-22H2;. The predicted molar refractivity (Wildman–Crippen MR) is 256 cm³/mol. The molecule has 5 heteroatoms. The molecule has 8 rings (SSSR count). The molecule has 0 saturated heterocycles. The van der Waals surface area contributed by atoms with Crippen molar-refractivity contribution in [3.05, 3.63) is 243 Å². The van der Waals surface area contributed by atoms with E-state index in [1.165, 1.54) is 67.1 Å². The van der Waals surface area contributed by atoms with Gasteiger partial charge in [-0.25, -0.2) is 0 Å². The Morgan fingerprint density at radius 2 is 0.281 bits per heavy atom. The first-order valence-corrected chi connectivity index (χ1v) is 25.4. The van der Waals surface area contributed by atoms with Crippen LogP contribution in [-0.4, -0.2) is 24.6 Å². The summed E-state index contributed by atoms with van der Waals surface area (Å²) < 4.78 is 0. The van der Waals surface area contributed by atoms with E-state index < -0.39 is 0 Å². The zero-order chi connectivity index (χ0) is 38.0. The van der Waals surface area contributed by atoms with Gasteiger partial charge < -0.3 is 0 Å². The summed E-state index contributed by atoms with van der Waals surface area (Å²) in [6.45, 7) is 0. The summed E-state index contributed by atoms with van der Waals surface area (Å²) in [5.41, 5.74) is 0. The molecule has 0 bridgehead atoms. The van der Waals surface area contributed by atoms with Crippen molar-refractivity contribution in [2.45, 2.75) is 0 Å². The monoisotopic (exact) mass is 855 g/mol. The Bertz CT molecular complexity index is 1760.